The molecule has 2 unspecified atom stereocenters. The second-order valence-electron chi connectivity index (χ2n) is 6.81. The number of hydrogen-bond donors (Lipinski definition) is 2. The molecule has 3 heteroatoms. The maximum atomic E-state index is 9.75. The number of rotatable bonds is 5. The molecular formula is C16H32N2O. The van der Waals surface area contributed by atoms with Crippen molar-refractivity contribution >= 4 is 0 Å². The highest BCUT2D eigenvalue weighted by atomic mass is 16.3. The Morgan fingerprint density at radius 2 is 1.84 bits per heavy atom. The van der Waals surface area contributed by atoms with E-state index in [-0.39, 0.29) is 5.54 Å². The van der Waals surface area contributed by atoms with Crippen LogP contribution in [0.25, 0.3) is 0 Å². The summed E-state index contributed by atoms with van der Waals surface area (Å²) in [5, 5.41) is 13.2. The smallest absolute Gasteiger partial charge is 0.0615 e. The van der Waals surface area contributed by atoms with Crippen LogP contribution in [0.2, 0.25) is 0 Å². The Morgan fingerprint density at radius 3 is 2.42 bits per heavy atom. The van der Waals surface area contributed by atoms with Gasteiger partial charge < -0.3 is 10.4 Å². The maximum absolute atomic E-state index is 9.75. The van der Waals surface area contributed by atoms with Crippen LogP contribution in [0.3, 0.4) is 0 Å². The SMILES string of the molecule is CNC1(CO)CCCC1CCN1[C@H](C)CCC[C@@H]1C. The molecule has 1 heterocycles. The van der Waals surface area contributed by atoms with Gasteiger partial charge in [0.05, 0.1) is 6.61 Å². The van der Waals surface area contributed by atoms with Gasteiger partial charge >= 0.3 is 0 Å². The summed E-state index contributed by atoms with van der Waals surface area (Å²) in [6, 6.07) is 1.48. The predicted octanol–water partition coefficient (Wildman–Crippen LogP) is 2.39. The van der Waals surface area contributed by atoms with E-state index in [1.807, 2.05) is 7.05 Å². The van der Waals surface area contributed by atoms with E-state index in [2.05, 4.69) is 24.1 Å². The Balaban J connectivity index is 1.90. The number of nitrogens with one attached hydrogen (secondary N) is 1. The number of piperidine rings is 1. The van der Waals surface area contributed by atoms with Gasteiger partial charge in [-0.15, -0.1) is 0 Å². The van der Waals surface area contributed by atoms with Crippen LogP contribution in [-0.4, -0.2) is 47.8 Å². The Kier molecular flexibility index (Phi) is 5.27. The van der Waals surface area contributed by atoms with Gasteiger partial charge in [-0.1, -0.05) is 12.8 Å². The van der Waals surface area contributed by atoms with Crippen molar-refractivity contribution in [2.24, 2.45) is 5.92 Å². The molecule has 0 aromatic rings. The predicted molar refractivity (Wildman–Crippen MR) is 80.3 cm³/mol. The van der Waals surface area contributed by atoms with Gasteiger partial charge in [0.25, 0.3) is 0 Å². The zero-order valence-electron chi connectivity index (χ0n) is 13.0. The fourth-order valence-electron chi connectivity index (χ4n) is 4.40. The number of aliphatic hydroxyl groups excluding tert-OH is 1. The highest BCUT2D eigenvalue weighted by Crippen LogP contribution is 2.38. The molecule has 3 nitrogen and oxygen atoms in total. The van der Waals surface area contributed by atoms with Crippen molar-refractivity contribution in [2.75, 3.05) is 20.2 Å². The fourth-order valence-corrected chi connectivity index (χ4v) is 4.40. The van der Waals surface area contributed by atoms with Gasteiger partial charge in [-0.3, -0.25) is 4.90 Å². The molecule has 1 aliphatic carbocycles. The van der Waals surface area contributed by atoms with Gasteiger partial charge in [-0.2, -0.15) is 0 Å². The molecule has 0 spiro atoms. The second-order valence-corrected chi connectivity index (χ2v) is 6.81. The van der Waals surface area contributed by atoms with Gasteiger partial charge in [0.1, 0.15) is 0 Å². The lowest BCUT2D eigenvalue weighted by Gasteiger charge is -2.41. The Hall–Kier alpha value is -0.120. The molecule has 112 valence electrons. The highest BCUT2D eigenvalue weighted by molar-refractivity contribution is 4.98. The van der Waals surface area contributed by atoms with E-state index in [9.17, 15) is 5.11 Å². The molecule has 0 amide bonds. The summed E-state index contributed by atoms with van der Waals surface area (Å²) in [5.74, 6) is 0.642. The van der Waals surface area contributed by atoms with Crippen molar-refractivity contribution in [3.63, 3.8) is 0 Å². The van der Waals surface area contributed by atoms with Crippen molar-refractivity contribution in [2.45, 2.75) is 76.4 Å². The standard InChI is InChI=1S/C16H32N2O/c1-13-6-4-7-14(2)18(13)11-9-15-8-5-10-16(15,12-19)17-3/h13-15,17,19H,4-12H2,1-3H3/t13-,14+,15?,16?. The van der Waals surface area contributed by atoms with Crippen molar-refractivity contribution < 1.29 is 5.11 Å². The first-order chi connectivity index (χ1) is 9.13. The van der Waals surface area contributed by atoms with Crippen molar-refractivity contribution in [3.8, 4) is 0 Å². The molecule has 1 aliphatic heterocycles. The minimum Gasteiger partial charge on any atom is -0.394 e. The zero-order chi connectivity index (χ0) is 13.9. The van der Waals surface area contributed by atoms with Crippen molar-refractivity contribution in [1.29, 1.82) is 0 Å². The molecule has 2 N–H and O–H groups in total. The quantitative estimate of drug-likeness (QED) is 0.803. The van der Waals surface area contributed by atoms with Crippen molar-refractivity contribution in [1.82, 2.24) is 10.2 Å². The Labute approximate surface area is 118 Å². The first-order valence-electron chi connectivity index (χ1n) is 8.18. The van der Waals surface area contributed by atoms with Gasteiger partial charge in [0.2, 0.25) is 0 Å². The van der Waals surface area contributed by atoms with E-state index in [1.165, 1.54) is 45.1 Å². The molecular weight excluding hydrogens is 236 g/mol. The van der Waals surface area contributed by atoms with E-state index in [0.29, 0.717) is 12.5 Å². The number of hydrogen-bond acceptors (Lipinski definition) is 3. The molecule has 0 aromatic carbocycles. The molecule has 2 rings (SSSR count). The highest BCUT2D eigenvalue weighted by Gasteiger charge is 2.41. The average Bonchev–Trinajstić information content (AvgIpc) is 2.82. The Bertz CT molecular complexity index is 268. The second kappa shape index (κ2) is 6.55. The monoisotopic (exact) mass is 268 g/mol. The topological polar surface area (TPSA) is 35.5 Å². The minimum atomic E-state index is 0.00225. The van der Waals surface area contributed by atoms with E-state index < -0.39 is 0 Å². The lowest BCUT2D eigenvalue weighted by molar-refractivity contribution is 0.0762. The van der Waals surface area contributed by atoms with E-state index >= 15 is 0 Å². The van der Waals surface area contributed by atoms with Gasteiger partial charge in [0, 0.05) is 17.6 Å². The van der Waals surface area contributed by atoms with Gasteiger partial charge in [-0.25, -0.2) is 0 Å². The summed E-state index contributed by atoms with van der Waals surface area (Å²) in [4.78, 5) is 2.69. The molecule has 1 saturated carbocycles. The van der Waals surface area contributed by atoms with E-state index in [4.69, 9.17) is 0 Å². The average molecular weight is 268 g/mol. The van der Waals surface area contributed by atoms with Crippen LogP contribution < -0.4 is 5.32 Å². The summed E-state index contributed by atoms with van der Waals surface area (Å²) >= 11 is 0. The van der Waals surface area contributed by atoms with E-state index in [1.54, 1.807) is 0 Å². The largest absolute Gasteiger partial charge is 0.394 e. The number of nitrogens with zero attached hydrogens (tertiary/aromatic N) is 1. The molecule has 0 bridgehead atoms. The fraction of sp³-hybridized carbons (Fsp3) is 1.00. The number of likely N-dealkylation sites (tertiary alicyclic amines) is 1. The lowest BCUT2D eigenvalue weighted by atomic mass is 9.84. The first-order valence-corrected chi connectivity index (χ1v) is 8.18. The maximum Gasteiger partial charge on any atom is 0.0615 e. The zero-order valence-corrected chi connectivity index (χ0v) is 13.0. The third-order valence-corrected chi connectivity index (χ3v) is 5.85. The lowest BCUT2D eigenvalue weighted by Crippen LogP contribution is -2.51. The molecule has 2 fully saturated rings. The van der Waals surface area contributed by atoms with E-state index in [0.717, 1.165) is 18.5 Å². The van der Waals surface area contributed by atoms with Crippen molar-refractivity contribution in [3.05, 3.63) is 0 Å². The summed E-state index contributed by atoms with van der Waals surface area (Å²) in [7, 11) is 2.01. The summed E-state index contributed by atoms with van der Waals surface area (Å²) in [6.45, 7) is 6.25. The summed E-state index contributed by atoms with van der Waals surface area (Å²) in [5.41, 5.74) is 0.00225. The third kappa shape index (κ3) is 3.14. The van der Waals surface area contributed by atoms with Crippen LogP contribution in [0.1, 0.15) is 58.8 Å². The molecule has 0 radical (unpaired) electrons. The molecule has 4 atom stereocenters. The van der Waals surface area contributed by atoms with Crippen LogP contribution in [0, 0.1) is 5.92 Å². The van der Waals surface area contributed by atoms with Crippen LogP contribution in [0.15, 0.2) is 0 Å². The van der Waals surface area contributed by atoms with Crippen LogP contribution in [0.4, 0.5) is 0 Å². The van der Waals surface area contributed by atoms with Gasteiger partial charge in [-0.05, 0) is 65.5 Å². The minimum absolute atomic E-state index is 0.00225. The van der Waals surface area contributed by atoms with Crippen LogP contribution in [0.5, 0.6) is 0 Å². The summed E-state index contributed by atoms with van der Waals surface area (Å²) < 4.78 is 0. The van der Waals surface area contributed by atoms with Crippen LogP contribution in [-0.2, 0) is 0 Å². The molecule has 2 aliphatic rings. The number of likely N-dealkylation sites (N-methyl/N-ethyl adjacent to an activating group) is 1. The van der Waals surface area contributed by atoms with Gasteiger partial charge in [0.15, 0.2) is 0 Å². The Morgan fingerprint density at radius 1 is 1.16 bits per heavy atom. The number of aliphatic hydroxyl groups is 1. The first kappa shape index (κ1) is 15.3. The molecule has 1 saturated heterocycles. The molecule has 19 heavy (non-hydrogen) atoms. The normalized spacial score (nSPS) is 40.7. The summed E-state index contributed by atoms with van der Waals surface area (Å²) in [6.07, 6.45) is 9.00. The molecule has 0 aromatic heterocycles. The van der Waals surface area contributed by atoms with Crippen LogP contribution >= 0.6 is 0 Å². The third-order valence-electron chi connectivity index (χ3n) is 5.85.